The van der Waals surface area contributed by atoms with Crippen LogP contribution in [0.1, 0.15) is 11.1 Å². The number of hydrogen-bond donors (Lipinski definition) is 2. The zero-order valence-electron chi connectivity index (χ0n) is 9.86. The Labute approximate surface area is 108 Å². The summed E-state index contributed by atoms with van der Waals surface area (Å²) in [7, 11) is 0. The van der Waals surface area contributed by atoms with Crippen molar-refractivity contribution in [1.29, 1.82) is 0 Å². The smallest absolute Gasteiger partial charge is 0.118 e. The van der Waals surface area contributed by atoms with Crippen molar-refractivity contribution in [3.8, 4) is 22.6 Å². The molecule has 2 rings (SSSR count). The zero-order chi connectivity index (χ0) is 11.7. The molecule has 0 fully saturated rings. The standard InChI is InChI=1S/C14H14O2.H2S/c1-9-7-11(3-5-13(9)15)12-4-6-14(16)10(2)8-12;/h3-8,15-16H,1-2H3;1H2. The van der Waals surface area contributed by atoms with Crippen LogP contribution in [0.5, 0.6) is 11.5 Å². The first kappa shape index (κ1) is 13.5. The van der Waals surface area contributed by atoms with Crippen LogP contribution in [0.25, 0.3) is 11.1 Å². The lowest BCUT2D eigenvalue weighted by Gasteiger charge is -2.06. The topological polar surface area (TPSA) is 40.5 Å². The van der Waals surface area contributed by atoms with Gasteiger partial charge < -0.3 is 10.2 Å². The minimum absolute atomic E-state index is 0. The summed E-state index contributed by atoms with van der Waals surface area (Å²) in [6, 6.07) is 11.0. The molecule has 0 aromatic heterocycles. The molecule has 0 saturated heterocycles. The first-order valence-electron chi connectivity index (χ1n) is 5.17. The summed E-state index contributed by atoms with van der Waals surface area (Å²) in [6.07, 6.45) is 0. The second kappa shape index (κ2) is 5.15. The maximum atomic E-state index is 9.45. The number of rotatable bonds is 1. The fourth-order valence-corrected chi connectivity index (χ4v) is 1.67. The Balaban J connectivity index is 0.00000144. The third-order valence-corrected chi connectivity index (χ3v) is 2.73. The van der Waals surface area contributed by atoms with Crippen molar-refractivity contribution >= 4 is 13.5 Å². The highest BCUT2D eigenvalue weighted by Crippen LogP contribution is 2.28. The lowest BCUT2D eigenvalue weighted by atomic mass is 10.0. The number of phenolic OH excluding ortho intramolecular Hbond substituents is 2. The highest BCUT2D eigenvalue weighted by molar-refractivity contribution is 7.59. The Bertz CT molecular complexity index is 486. The van der Waals surface area contributed by atoms with E-state index in [4.69, 9.17) is 0 Å². The van der Waals surface area contributed by atoms with Crippen LogP contribution in [0.3, 0.4) is 0 Å². The maximum absolute atomic E-state index is 9.45. The molecule has 2 aromatic carbocycles. The maximum Gasteiger partial charge on any atom is 0.118 e. The van der Waals surface area contributed by atoms with E-state index < -0.39 is 0 Å². The van der Waals surface area contributed by atoms with Crippen LogP contribution in [0.15, 0.2) is 36.4 Å². The Morgan fingerprint density at radius 1 is 0.706 bits per heavy atom. The lowest BCUT2D eigenvalue weighted by Crippen LogP contribution is -1.82. The van der Waals surface area contributed by atoms with Gasteiger partial charge in [0.2, 0.25) is 0 Å². The molecule has 90 valence electrons. The van der Waals surface area contributed by atoms with Crippen molar-refractivity contribution in [3.63, 3.8) is 0 Å². The zero-order valence-corrected chi connectivity index (χ0v) is 10.9. The van der Waals surface area contributed by atoms with Crippen molar-refractivity contribution in [3.05, 3.63) is 47.5 Å². The SMILES string of the molecule is Cc1cc(-c2ccc(O)c(C)c2)ccc1O.S. The van der Waals surface area contributed by atoms with E-state index in [1.807, 2.05) is 38.1 Å². The van der Waals surface area contributed by atoms with Crippen LogP contribution in [0.4, 0.5) is 0 Å². The summed E-state index contributed by atoms with van der Waals surface area (Å²) in [5, 5.41) is 18.9. The molecule has 0 aliphatic rings. The second-order valence-electron chi connectivity index (χ2n) is 4.00. The first-order valence-corrected chi connectivity index (χ1v) is 5.17. The molecule has 0 bridgehead atoms. The summed E-state index contributed by atoms with van der Waals surface area (Å²) in [5.74, 6) is 0.610. The molecule has 3 heteroatoms. The Morgan fingerprint density at radius 2 is 1.06 bits per heavy atom. The van der Waals surface area contributed by atoms with E-state index in [1.54, 1.807) is 12.1 Å². The average Bonchev–Trinajstić information content (AvgIpc) is 2.26. The predicted octanol–water partition coefficient (Wildman–Crippen LogP) is 3.49. The Hall–Kier alpha value is -1.61. The minimum atomic E-state index is 0. The number of phenols is 2. The fraction of sp³-hybridized carbons (Fsp3) is 0.143. The lowest BCUT2D eigenvalue weighted by molar-refractivity contribution is 0.470. The van der Waals surface area contributed by atoms with E-state index >= 15 is 0 Å². The van der Waals surface area contributed by atoms with Gasteiger partial charge in [0.1, 0.15) is 11.5 Å². The molecule has 0 atom stereocenters. The van der Waals surface area contributed by atoms with Crippen molar-refractivity contribution < 1.29 is 10.2 Å². The van der Waals surface area contributed by atoms with Crippen molar-refractivity contribution in [2.24, 2.45) is 0 Å². The summed E-state index contributed by atoms with van der Waals surface area (Å²) in [4.78, 5) is 0. The number of aromatic hydroxyl groups is 2. The molecule has 2 N–H and O–H groups in total. The van der Waals surface area contributed by atoms with Gasteiger partial charge in [0.05, 0.1) is 0 Å². The molecular weight excluding hydrogens is 232 g/mol. The van der Waals surface area contributed by atoms with Gasteiger partial charge in [0.25, 0.3) is 0 Å². The fourth-order valence-electron chi connectivity index (χ4n) is 1.67. The van der Waals surface area contributed by atoms with E-state index in [9.17, 15) is 10.2 Å². The normalized spacial score (nSPS) is 9.76. The monoisotopic (exact) mass is 248 g/mol. The van der Waals surface area contributed by atoms with Gasteiger partial charge in [0.15, 0.2) is 0 Å². The quantitative estimate of drug-likeness (QED) is 0.811. The minimum Gasteiger partial charge on any atom is -0.508 e. The van der Waals surface area contributed by atoms with Crippen molar-refractivity contribution in [2.75, 3.05) is 0 Å². The van der Waals surface area contributed by atoms with E-state index in [2.05, 4.69) is 0 Å². The van der Waals surface area contributed by atoms with Crippen LogP contribution in [0.2, 0.25) is 0 Å². The molecule has 2 nitrogen and oxygen atoms in total. The molecular formula is C14H16O2S. The van der Waals surface area contributed by atoms with E-state index in [0.717, 1.165) is 22.3 Å². The summed E-state index contributed by atoms with van der Waals surface area (Å²) < 4.78 is 0. The Kier molecular flexibility index (Phi) is 4.07. The molecule has 2 aromatic rings. The molecule has 0 unspecified atom stereocenters. The number of hydrogen-bond acceptors (Lipinski definition) is 2. The van der Waals surface area contributed by atoms with E-state index in [0.29, 0.717) is 11.5 Å². The first-order chi connectivity index (χ1) is 7.58. The molecule has 0 saturated carbocycles. The van der Waals surface area contributed by atoms with Crippen molar-refractivity contribution in [2.45, 2.75) is 13.8 Å². The number of aryl methyl sites for hydroxylation is 2. The van der Waals surface area contributed by atoms with Crippen LogP contribution in [-0.2, 0) is 0 Å². The summed E-state index contributed by atoms with van der Waals surface area (Å²) in [6.45, 7) is 3.73. The van der Waals surface area contributed by atoms with Gasteiger partial charge in [-0.15, -0.1) is 0 Å². The molecule has 0 amide bonds. The second-order valence-corrected chi connectivity index (χ2v) is 4.00. The van der Waals surface area contributed by atoms with Gasteiger partial charge in [-0.3, -0.25) is 0 Å². The van der Waals surface area contributed by atoms with Gasteiger partial charge in [0, 0.05) is 0 Å². The molecule has 0 aliphatic heterocycles. The van der Waals surface area contributed by atoms with Crippen LogP contribution >= 0.6 is 13.5 Å². The predicted molar refractivity (Wildman–Crippen MR) is 75.1 cm³/mol. The highest BCUT2D eigenvalue weighted by Gasteiger charge is 2.03. The summed E-state index contributed by atoms with van der Waals surface area (Å²) >= 11 is 0. The number of benzene rings is 2. The molecule has 17 heavy (non-hydrogen) atoms. The van der Waals surface area contributed by atoms with Crippen LogP contribution in [-0.4, -0.2) is 10.2 Å². The summed E-state index contributed by atoms with van der Waals surface area (Å²) in [5.41, 5.74) is 3.78. The Morgan fingerprint density at radius 3 is 1.35 bits per heavy atom. The largest absolute Gasteiger partial charge is 0.508 e. The van der Waals surface area contributed by atoms with Crippen LogP contribution < -0.4 is 0 Å². The van der Waals surface area contributed by atoms with E-state index in [1.165, 1.54) is 0 Å². The van der Waals surface area contributed by atoms with Gasteiger partial charge in [-0.1, -0.05) is 12.1 Å². The third kappa shape index (κ3) is 2.74. The van der Waals surface area contributed by atoms with Crippen molar-refractivity contribution in [1.82, 2.24) is 0 Å². The molecule has 0 radical (unpaired) electrons. The van der Waals surface area contributed by atoms with Gasteiger partial charge in [-0.25, -0.2) is 0 Å². The van der Waals surface area contributed by atoms with Gasteiger partial charge >= 0.3 is 0 Å². The van der Waals surface area contributed by atoms with Gasteiger partial charge in [-0.05, 0) is 60.4 Å². The molecule has 0 heterocycles. The molecule has 0 aliphatic carbocycles. The molecule has 0 spiro atoms. The third-order valence-electron chi connectivity index (χ3n) is 2.73. The highest BCUT2D eigenvalue weighted by atomic mass is 32.1. The van der Waals surface area contributed by atoms with Crippen LogP contribution in [0, 0.1) is 13.8 Å². The van der Waals surface area contributed by atoms with E-state index in [-0.39, 0.29) is 13.5 Å². The average molecular weight is 248 g/mol. The van der Waals surface area contributed by atoms with Gasteiger partial charge in [-0.2, -0.15) is 13.5 Å².